The molecule has 3 N–H and O–H groups in total. The number of likely N-dealkylation sites (N-methyl/N-ethyl adjacent to an activating group) is 1. The summed E-state index contributed by atoms with van der Waals surface area (Å²) in [6, 6.07) is 5.27. The molecule has 0 unspecified atom stereocenters. The zero-order chi connectivity index (χ0) is 21.4. The highest BCUT2D eigenvalue weighted by Gasteiger charge is 2.12. The summed E-state index contributed by atoms with van der Waals surface area (Å²) >= 11 is 0. The van der Waals surface area contributed by atoms with Crippen LogP contribution in [0.1, 0.15) is 43.0 Å². The normalized spacial score (nSPS) is 10.7. The average molecular weight is 393 g/mol. The first-order valence-corrected chi connectivity index (χ1v) is 9.15. The van der Waals surface area contributed by atoms with Gasteiger partial charge in [0.25, 0.3) is 0 Å². The molecule has 156 valence electrons. The number of hydrogen-bond donors (Lipinski definition) is 3. The van der Waals surface area contributed by atoms with Crippen molar-refractivity contribution in [1.82, 2.24) is 10.6 Å². The fourth-order valence-electron chi connectivity index (χ4n) is 2.12. The predicted molar refractivity (Wildman–Crippen MR) is 109 cm³/mol. The monoisotopic (exact) mass is 393 g/mol. The zero-order valence-corrected chi connectivity index (χ0v) is 17.0. The quantitative estimate of drug-likeness (QED) is 0.281. The van der Waals surface area contributed by atoms with E-state index in [1.165, 1.54) is 0 Å². The van der Waals surface area contributed by atoms with E-state index in [9.17, 15) is 19.2 Å². The maximum absolute atomic E-state index is 12.2. The van der Waals surface area contributed by atoms with E-state index in [2.05, 4.69) is 16.0 Å². The number of methoxy groups -OCH3 is 1. The Hall–Kier alpha value is -2.74. The van der Waals surface area contributed by atoms with Crippen LogP contribution >= 0.6 is 0 Å². The van der Waals surface area contributed by atoms with E-state index in [-0.39, 0.29) is 24.3 Å². The van der Waals surface area contributed by atoms with Gasteiger partial charge in [-0.3, -0.25) is 9.59 Å². The van der Waals surface area contributed by atoms with Gasteiger partial charge in [-0.05, 0) is 38.9 Å². The lowest BCUT2D eigenvalue weighted by atomic mass is 10.0. The number of carbonyl (C=O) groups excluding carboxylic acids is 4. The summed E-state index contributed by atoms with van der Waals surface area (Å²) in [5.41, 5.74) is 1.35. The number of carbonyl (C=O) groups is 4. The fraction of sp³-hybridized carbons (Fsp3) is 0.500. The molecule has 0 saturated carbocycles. The van der Waals surface area contributed by atoms with E-state index in [1.54, 1.807) is 46.3 Å². The van der Waals surface area contributed by atoms with Crippen molar-refractivity contribution >= 4 is 30.0 Å². The molecule has 1 atom stereocenters. The third kappa shape index (κ3) is 10.4. The molecular weight excluding hydrogens is 362 g/mol. The van der Waals surface area contributed by atoms with Crippen LogP contribution in [0.5, 0.6) is 5.75 Å². The van der Waals surface area contributed by atoms with Gasteiger partial charge in [-0.25, -0.2) is 0 Å². The lowest BCUT2D eigenvalue weighted by Crippen LogP contribution is -2.24. The summed E-state index contributed by atoms with van der Waals surface area (Å²) in [6.07, 6.45) is 3.44. The summed E-state index contributed by atoms with van der Waals surface area (Å²) in [7, 11) is 5.08. The van der Waals surface area contributed by atoms with Crippen LogP contribution in [0.2, 0.25) is 0 Å². The van der Waals surface area contributed by atoms with E-state index >= 15 is 0 Å². The van der Waals surface area contributed by atoms with E-state index < -0.39 is 0 Å². The van der Waals surface area contributed by atoms with Gasteiger partial charge in [0, 0.05) is 37.2 Å². The lowest BCUT2D eigenvalue weighted by molar-refractivity contribution is -0.122. The van der Waals surface area contributed by atoms with Crippen LogP contribution in [0.25, 0.3) is 0 Å². The molecule has 8 heteroatoms. The fourth-order valence-corrected chi connectivity index (χ4v) is 2.12. The molecule has 0 aliphatic rings. The number of ketones is 1. The molecule has 0 radical (unpaired) electrons. The molecule has 0 heterocycles. The zero-order valence-electron chi connectivity index (χ0n) is 17.0. The minimum atomic E-state index is -0.167. The molecular formula is C20H31N3O5. The molecule has 0 spiro atoms. The maximum atomic E-state index is 12.2. The average Bonchev–Trinajstić information content (AvgIpc) is 2.74. The topological polar surface area (TPSA) is 114 Å². The first-order valence-electron chi connectivity index (χ1n) is 9.15. The molecule has 0 aromatic heterocycles. The number of amides is 1. The van der Waals surface area contributed by atoms with Crippen molar-refractivity contribution in [3.8, 4) is 5.75 Å². The number of unbranched alkanes of at least 4 members (excludes halogenated alkanes) is 1. The number of rotatable bonds is 12. The highest BCUT2D eigenvalue weighted by atomic mass is 16.5. The van der Waals surface area contributed by atoms with Crippen molar-refractivity contribution in [1.29, 1.82) is 0 Å². The number of Topliss-reactive ketones (excluding diaryl/α,β-unsaturated/α-hetero) is 1. The molecule has 0 aliphatic heterocycles. The molecule has 0 aliphatic carbocycles. The minimum absolute atomic E-state index is 0.00463. The lowest BCUT2D eigenvalue weighted by Gasteiger charge is -2.10. The number of benzene rings is 1. The predicted octanol–water partition coefficient (Wildman–Crippen LogP) is 1.59. The van der Waals surface area contributed by atoms with Crippen LogP contribution in [-0.4, -0.2) is 58.1 Å². The van der Waals surface area contributed by atoms with Gasteiger partial charge in [-0.1, -0.05) is 0 Å². The SMILES string of the molecule is CN[C@H](C)C=O.CNc1cc(OC)ccc1C(=O)CCCCC(=O)NCC=O. The standard InChI is InChI=1S/C16H22N2O4.C4H9NO/c1-17-14-11-12(22-2)7-8-13(14)15(20)5-3-4-6-16(21)18-9-10-19;1-4(3-6)5-2/h7-8,10-11,17H,3-6,9H2,1-2H3,(H,18,21);3-5H,1-2H3/t;4-/m.1/s1. The van der Waals surface area contributed by atoms with Crippen molar-refractivity contribution in [2.75, 3.05) is 33.1 Å². The Bertz CT molecular complexity index is 634. The Morgan fingerprint density at radius 2 is 1.82 bits per heavy atom. The van der Waals surface area contributed by atoms with Gasteiger partial charge in [-0.15, -0.1) is 0 Å². The second-order valence-electron chi connectivity index (χ2n) is 5.98. The largest absolute Gasteiger partial charge is 0.497 e. The van der Waals surface area contributed by atoms with E-state index in [1.807, 2.05) is 0 Å². The van der Waals surface area contributed by atoms with Gasteiger partial charge < -0.3 is 30.3 Å². The third-order valence-electron chi connectivity index (χ3n) is 3.90. The molecule has 0 saturated heterocycles. The van der Waals surface area contributed by atoms with Crippen molar-refractivity contribution in [2.24, 2.45) is 0 Å². The number of aldehydes is 2. The molecule has 1 amide bonds. The maximum Gasteiger partial charge on any atom is 0.220 e. The Balaban J connectivity index is 0.00000105. The van der Waals surface area contributed by atoms with Crippen LogP contribution in [0.3, 0.4) is 0 Å². The van der Waals surface area contributed by atoms with Crippen LogP contribution in [0.15, 0.2) is 18.2 Å². The highest BCUT2D eigenvalue weighted by Crippen LogP contribution is 2.24. The number of anilines is 1. The van der Waals surface area contributed by atoms with Gasteiger partial charge in [0.2, 0.25) is 5.91 Å². The van der Waals surface area contributed by atoms with Gasteiger partial charge in [-0.2, -0.15) is 0 Å². The van der Waals surface area contributed by atoms with E-state index in [0.29, 0.717) is 43.3 Å². The third-order valence-corrected chi connectivity index (χ3v) is 3.90. The molecule has 0 fully saturated rings. The van der Waals surface area contributed by atoms with Crippen LogP contribution in [0.4, 0.5) is 5.69 Å². The van der Waals surface area contributed by atoms with Gasteiger partial charge in [0.15, 0.2) is 5.78 Å². The minimum Gasteiger partial charge on any atom is -0.497 e. The summed E-state index contributed by atoms with van der Waals surface area (Å²) < 4.78 is 5.13. The van der Waals surface area contributed by atoms with Crippen LogP contribution in [0, 0.1) is 0 Å². The molecule has 28 heavy (non-hydrogen) atoms. The summed E-state index contributed by atoms with van der Waals surface area (Å²) in [5, 5.41) is 8.20. The number of ether oxygens (including phenoxy) is 1. The second-order valence-corrected chi connectivity index (χ2v) is 5.98. The van der Waals surface area contributed by atoms with Crippen molar-refractivity contribution in [3.05, 3.63) is 23.8 Å². The van der Waals surface area contributed by atoms with Crippen molar-refractivity contribution in [3.63, 3.8) is 0 Å². The first-order chi connectivity index (χ1) is 13.4. The van der Waals surface area contributed by atoms with Gasteiger partial charge in [0.1, 0.15) is 18.3 Å². The summed E-state index contributed by atoms with van der Waals surface area (Å²) in [4.78, 5) is 43.3. The summed E-state index contributed by atoms with van der Waals surface area (Å²) in [5.74, 6) is 0.549. The molecule has 8 nitrogen and oxygen atoms in total. The van der Waals surface area contributed by atoms with Gasteiger partial charge in [0.05, 0.1) is 19.7 Å². The molecule has 1 aromatic rings. The Labute approximate surface area is 166 Å². The van der Waals surface area contributed by atoms with Crippen LogP contribution in [-0.2, 0) is 14.4 Å². The smallest absolute Gasteiger partial charge is 0.220 e. The second kappa shape index (κ2) is 15.3. The summed E-state index contributed by atoms with van der Waals surface area (Å²) in [6.45, 7) is 1.84. The molecule has 0 bridgehead atoms. The van der Waals surface area contributed by atoms with Crippen LogP contribution < -0.4 is 20.7 Å². The van der Waals surface area contributed by atoms with Crippen molar-refractivity contribution < 1.29 is 23.9 Å². The molecule has 1 rings (SSSR count). The first kappa shape index (κ1) is 25.3. The van der Waals surface area contributed by atoms with Gasteiger partial charge >= 0.3 is 0 Å². The number of nitrogens with one attached hydrogen (secondary N) is 3. The van der Waals surface area contributed by atoms with E-state index in [4.69, 9.17) is 4.74 Å². The molecule has 1 aromatic carbocycles. The van der Waals surface area contributed by atoms with Crippen molar-refractivity contribution in [2.45, 2.75) is 38.6 Å². The van der Waals surface area contributed by atoms with E-state index in [0.717, 1.165) is 12.0 Å². The Kier molecular flexibility index (Phi) is 13.8. The number of hydrogen-bond acceptors (Lipinski definition) is 7. The Morgan fingerprint density at radius 3 is 2.32 bits per heavy atom. The Morgan fingerprint density at radius 1 is 1.14 bits per heavy atom. The highest BCUT2D eigenvalue weighted by molar-refractivity contribution is 6.01.